The highest BCUT2D eigenvalue weighted by Crippen LogP contribution is 2.36. The van der Waals surface area contributed by atoms with Crippen molar-refractivity contribution >= 4 is 17.3 Å². The van der Waals surface area contributed by atoms with Crippen molar-refractivity contribution in [3.8, 4) is 0 Å². The van der Waals surface area contributed by atoms with Crippen LogP contribution in [0.5, 0.6) is 0 Å². The summed E-state index contributed by atoms with van der Waals surface area (Å²) in [6, 6.07) is 17.7. The highest BCUT2D eigenvalue weighted by molar-refractivity contribution is 5.71. The van der Waals surface area contributed by atoms with Gasteiger partial charge in [0.15, 0.2) is 0 Å². The zero-order valence-electron chi connectivity index (χ0n) is 16.0. The average Bonchev–Trinajstić information content (AvgIpc) is 2.86. The molecule has 1 saturated heterocycles. The quantitative estimate of drug-likeness (QED) is 0.887. The topological polar surface area (TPSA) is 43.8 Å². The molecule has 2 heterocycles. The van der Waals surface area contributed by atoms with Gasteiger partial charge in [0.05, 0.1) is 5.92 Å². The highest BCUT2D eigenvalue weighted by Gasteiger charge is 2.30. The molecule has 0 spiro atoms. The largest absolute Gasteiger partial charge is 0.481 e. The van der Waals surface area contributed by atoms with Crippen LogP contribution in [0.15, 0.2) is 48.5 Å². The number of hydrogen-bond acceptors (Lipinski definition) is 3. The van der Waals surface area contributed by atoms with Crippen LogP contribution in [0.4, 0.5) is 11.4 Å². The zero-order valence-corrected chi connectivity index (χ0v) is 16.0. The van der Waals surface area contributed by atoms with Crippen molar-refractivity contribution in [1.82, 2.24) is 4.90 Å². The smallest absolute Gasteiger partial charge is 0.307 e. The second-order valence-electron chi connectivity index (χ2n) is 7.89. The minimum Gasteiger partial charge on any atom is -0.481 e. The molecule has 4 heteroatoms. The summed E-state index contributed by atoms with van der Waals surface area (Å²) in [6.45, 7) is 4.76. The van der Waals surface area contributed by atoms with Crippen LogP contribution in [-0.4, -0.2) is 41.7 Å². The van der Waals surface area contributed by atoms with Gasteiger partial charge in [0, 0.05) is 30.5 Å². The van der Waals surface area contributed by atoms with Gasteiger partial charge >= 0.3 is 5.97 Å². The summed E-state index contributed by atoms with van der Waals surface area (Å²) in [6.07, 6.45) is 3.88. The van der Waals surface area contributed by atoms with E-state index in [0.29, 0.717) is 12.6 Å². The molecule has 0 aromatic heterocycles. The molecule has 0 amide bonds. The number of benzene rings is 2. The summed E-state index contributed by atoms with van der Waals surface area (Å²) in [5, 5.41) is 9.42. The number of fused-ring (bicyclic) bond motifs is 2. The van der Waals surface area contributed by atoms with Gasteiger partial charge in [0.25, 0.3) is 0 Å². The minimum absolute atomic E-state index is 0.232. The van der Waals surface area contributed by atoms with E-state index in [1.54, 1.807) is 0 Å². The van der Waals surface area contributed by atoms with E-state index >= 15 is 0 Å². The fourth-order valence-corrected chi connectivity index (χ4v) is 4.55. The zero-order chi connectivity index (χ0) is 18.8. The van der Waals surface area contributed by atoms with Crippen molar-refractivity contribution in [2.24, 2.45) is 5.92 Å². The second kappa shape index (κ2) is 7.73. The molecule has 2 aromatic carbocycles. The second-order valence-corrected chi connectivity index (χ2v) is 7.89. The van der Waals surface area contributed by atoms with Crippen LogP contribution in [0.3, 0.4) is 0 Å². The monoisotopic (exact) mass is 364 g/mol. The Morgan fingerprint density at radius 3 is 2.26 bits per heavy atom. The van der Waals surface area contributed by atoms with Crippen LogP contribution in [0.1, 0.15) is 30.9 Å². The van der Waals surface area contributed by atoms with Crippen LogP contribution in [0.2, 0.25) is 0 Å². The number of carboxylic acids is 1. The predicted octanol–water partition coefficient (Wildman–Crippen LogP) is 4.11. The summed E-state index contributed by atoms with van der Waals surface area (Å²) >= 11 is 0. The third-order valence-corrected chi connectivity index (χ3v) is 6.10. The van der Waals surface area contributed by atoms with Crippen molar-refractivity contribution < 1.29 is 9.90 Å². The summed E-state index contributed by atoms with van der Waals surface area (Å²) in [5.74, 6) is -0.887. The molecule has 0 saturated carbocycles. The molecule has 0 aliphatic carbocycles. The Kier molecular flexibility index (Phi) is 5.17. The Hall–Kier alpha value is -2.33. The molecule has 1 N–H and O–H groups in total. The number of carbonyl (C=O) groups is 1. The predicted molar refractivity (Wildman–Crippen MR) is 109 cm³/mol. The van der Waals surface area contributed by atoms with Gasteiger partial charge in [-0.25, -0.2) is 0 Å². The van der Waals surface area contributed by atoms with Gasteiger partial charge in [-0.1, -0.05) is 36.4 Å². The maximum Gasteiger partial charge on any atom is 0.307 e. The molecule has 2 aliphatic heterocycles. The van der Waals surface area contributed by atoms with Crippen LogP contribution in [0, 0.1) is 5.92 Å². The fourth-order valence-electron chi connectivity index (χ4n) is 4.55. The lowest BCUT2D eigenvalue weighted by Crippen LogP contribution is -2.47. The number of likely N-dealkylation sites (tertiary alicyclic amines) is 1. The standard InChI is InChI=1S/C23H28N2O2/c1-17(24-14-6-9-20(16-24)23(26)27)15-25-21-10-4-2-7-18(21)12-13-19-8-3-5-11-22(19)25/h2-5,7-8,10-11,17,20H,6,9,12-16H2,1H3,(H,26,27)/t17-,20?/m1/s1. The van der Waals surface area contributed by atoms with E-state index in [9.17, 15) is 9.90 Å². The van der Waals surface area contributed by atoms with Gasteiger partial charge < -0.3 is 10.0 Å². The van der Waals surface area contributed by atoms with Gasteiger partial charge in [-0.3, -0.25) is 9.69 Å². The lowest BCUT2D eigenvalue weighted by atomic mass is 9.97. The van der Waals surface area contributed by atoms with Crippen molar-refractivity contribution in [2.75, 3.05) is 24.5 Å². The number of anilines is 2. The molecule has 0 bridgehead atoms. The Balaban J connectivity index is 1.62. The van der Waals surface area contributed by atoms with Crippen molar-refractivity contribution in [2.45, 2.75) is 38.6 Å². The van der Waals surface area contributed by atoms with Gasteiger partial charge in [0.1, 0.15) is 0 Å². The van der Waals surface area contributed by atoms with Gasteiger partial charge in [0.2, 0.25) is 0 Å². The first-order chi connectivity index (χ1) is 13.1. The maximum absolute atomic E-state index is 11.4. The van der Waals surface area contributed by atoms with Gasteiger partial charge in [-0.2, -0.15) is 0 Å². The molecule has 1 fully saturated rings. The summed E-state index contributed by atoms with van der Waals surface area (Å²) < 4.78 is 0. The lowest BCUT2D eigenvalue weighted by Gasteiger charge is -2.38. The Morgan fingerprint density at radius 2 is 1.67 bits per heavy atom. The van der Waals surface area contributed by atoms with Crippen molar-refractivity contribution in [3.63, 3.8) is 0 Å². The van der Waals surface area contributed by atoms with E-state index in [1.807, 2.05) is 0 Å². The number of carboxylic acid groups (broad SMARTS) is 1. The third-order valence-electron chi connectivity index (χ3n) is 6.10. The summed E-state index contributed by atoms with van der Waals surface area (Å²) in [4.78, 5) is 16.3. The van der Waals surface area contributed by atoms with Crippen LogP contribution >= 0.6 is 0 Å². The molecule has 2 aromatic rings. The normalized spacial score (nSPS) is 21.1. The van der Waals surface area contributed by atoms with E-state index in [-0.39, 0.29) is 5.92 Å². The molecule has 4 rings (SSSR count). The first-order valence-corrected chi connectivity index (χ1v) is 10.0. The summed E-state index contributed by atoms with van der Waals surface area (Å²) in [5.41, 5.74) is 5.37. The Labute approximate surface area is 161 Å². The Morgan fingerprint density at radius 1 is 1.07 bits per heavy atom. The van der Waals surface area contributed by atoms with Crippen LogP contribution in [0.25, 0.3) is 0 Å². The molecule has 27 heavy (non-hydrogen) atoms. The number of piperidine rings is 1. The van der Waals surface area contributed by atoms with Crippen molar-refractivity contribution in [3.05, 3.63) is 59.7 Å². The molecule has 142 valence electrons. The average molecular weight is 364 g/mol. The van der Waals surface area contributed by atoms with Gasteiger partial charge in [-0.15, -0.1) is 0 Å². The SMILES string of the molecule is C[C@H](CN1c2ccccc2CCc2ccccc21)N1CCCC(C(=O)O)C1. The summed E-state index contributed by atoms with van der Waals surface area (Å²) in [7, 11) is 0. The molecular formula is C23H28N2O2. The number of aliphatic carboxylic acids is 1. The van der Waals surface area contributed by atoms with Crippen molar-refractivity contribution in [1.29, 1.82) is 0 Å². The van der Waals surface area contributed by atoms with E-state index in [0.717, 1.165) is 38.8 Å². The Bertz CT molecular complexity index is 772. The molecule has 4 nitrogen and oxygen atoms in total. The third kappa shape index (κ3) is 3.72. The van der Waals surface area contributed by atoms with E-state index in [2.05, 4.69) is 65.3 Å². The van der Waals surface area contributed by atoms with Crippen LogP contribution in [-0.2, 0) is 17.6 Å². The van der Waals surface area contributed by atoms with E-state index in [1.165, 1.54) is 22.5 Å². The van der Waals surface area contributed by atoms with Crippen LogP contribution < -0.4 is 4.90 Å². The minimum atomic E-state index is -0.655. The molecule has 0 radical (unpaired) electrons. The molecule has 2 atom stereocenters. The first kappa shape index (κ1) is 18.1. The number of rotatable bonds is 4. The molecule has 1 unspecified atom stereocenters. The van der Waals surface area contributed by atoms with E-state index in [4.69, 9.17) is 0 Å². The highest BCUT2D eigenvalue weighted by atomic mass is 16.4. The number of aryl methyl sites for hydroxylation is 2. The molecule has 2 aliphatic rings. The first-order valence-electron chi connectivity index (χ1n) is 10.0. The molecular weight excluding hydrogens is 336 g/mol. The lowest BCUT2D eigenvalue weighted by molar-refractivity contribution is -0.143. The number of hydrogen-bond donors (Lipinski definition) is 1. The van der Waals surface area contributed by atoms with E-state index < -0.39 is 5.97 Å². The fraction of sp³-hybridized carbons (Fsp3) is 0.435. The number of para-hydroxylation sites is 2. The maximum atomic E-state index is 11.4. The number of nitrogens with zero attached hydrogens (tertiary/aromatic N) is 2. The van der Waals surface area contributed by atoms with Gasteiger partial charge in [-0.05, 0) is 62.4 Å².